The summed E-state index contributed by atoms with van der Waals surface area (Å²) in [6, 6.07) is 5.61. The Morgan fingerprint density at radius 1 is 1.31 bits per heavy atom. The standard InChI is InChI=1S/C9H7BrN2O/c1-6-2-3-8(13-6)7-4-5-11-9(10)12-7/h2-5H,1H3. The van der Waals surface area contributed by atoms with Gasteiger partial charge in [0, 0.05) is 6.20 Å². The molecule has 0 N–H and O–H groups in total. The molecule has 0 aliphatic rings. The molecule has 2 aromatic rings. The van der Waals surface area contributed by atoms with Crippen molar-refractivity contribution >= 4 is 15.9 Å². The zero-order valence-corrected chi connectivity index (χ0v) is 8.58. The molecule has 66 valence electrons. The normalized spacial score (nSPS) is 10.3. The zero-order chi connectivity index (χ0) is 9.26. The van der Waals surface area contributed by atoms with Crippen molar-refractivity contribution in [2.75, 3.05) is 0 Å². The third-order valence-electron chi connectivity index (χ3n) is 1.62. The predicted octanol–water partition coefficient (Wildman–Crippen LogP) is 2.81. The van der Waals surface area contributed by atoms with E-state index >= 15 is 0 Å². The average molecular weight is 239 g/mol. The van der Waals surface area contributed by atoms with Gasteiger partial charge in [0.15, 0.2) is 10.5 Å². The average Bonchev–Trinajstić information content (AvgIpc) is 2.52. The lowest BCUT2D eigenvalue weighted by Crippen LogP contribution is -1.84. The van der Waals surface area contributed by atoms with Gasteiger partial charge < -0.3 is 4.42 Å². The third-order valence-corrected chi connectivity index (χ3v) is 2.00. The van der Waals surface area contributed by atoms with Crippen molar-refractivity contribution in [3.63, 3.8) is 0 Å². The van der Waals surface area contributed by atoms with E-state index < -0.39 is 0 Å². The monoisotopic (exact) mass is 238 g/mol. The van der Waals surface area contributed by atoms with Crippen LogP contribution in [0.15, 0.2) is 33.5 Å². The fraction of sp³-hybridized carbons (Fsp3) is 0.111. The van der Waals surface area contributed by atoms with E-state index in [0.717, 1.165) is 17.2 Å². The first kappa shape index (κ1) is 8.44. The van der Waals surface area contributed by atoms with Crippen LogP contribution < -0.4 is 0 Å². The number of furan rings is 1. The Kier molecular flexibility index (Phi) is 2.14. The molecule has 0 atom stereocenters. The molecule has 3 nitrogen and oxygen atoms in total. The molecule has 0 amide bonds. The van der Waals surface area contributed by atoms with E-state index in [-0.39, 0.29) is 0 Å². The highest BCUT2D eigenvalue weighted by Gasteiger charge is 2.03. The van der Waals surface area contributed by atoms with Crippen molar-refractivity contribution in [2.45, 2.75) is 6.92 Å². The summed E-state index contributed by atoms with van der Waals surface area (Å²) in [7, 11) is 0. The molecule has 4 heteroatoms. The Bertz CT molecular complexity index is 425. The van der Waals surface area contributed by atoms with Crippen LogP contribution in [0, 0.1) is 6.92 Å². The minimum Gasteiger partial charge on any atom is -0.460 e. The van der Waals surface area contributed by atoms with Crippen LogP contribution in [0.25, 0.3) is 11.5 Å². The number of rotatable bonds is 1. The molecule has 2 rings (SSSR count). The Morgan fingerprint density at radius 3 is 2.77 bits per heavy atom. The Morgan fingerprint density at radius 2 is 2.15 bits per heavy atom. The molecular formula is C9H7BrN2O. The number of hydrogen-bond acceptors (Lipinski definition) is 3. The third kappa shape index (κ3) is 1.78. The molecule has 0 saturated carbocycles. The molecular weight excluding hydrogens is 232 g/mol. The summed E-state index contributed by atoms with van der Waals surface area (Å²) in [6.07, 6.45) is 1.68. The molecule has 0 fully saturated rings. The molecule has 0 unspecified atom stereocenters. The highest BCUT2D eigenvalue weighted by molar-refractivity contribution is 9.10. The highest BCUT2D eigenvalue weighted by atomic mass is 79.9. The van der Waals surface area contributed by atoms with Gasteiger partial charge in [-0.05, 0) is 41.1 Å². The quantitative estimate of drug-likeness (QED) is 0.718. The van der Waals surface area contributed by atoms with E-state index in [2.05, 4.69) is 25.9 Å². The number of halogens is 1. The summed E-state index contributed by atoms with van der Waals surface area (Å²) in [5.74, 6) is 1.64. The fourth-order valence-electron chi connectivity index (χ4n) is 1.04. The van der Waals surface area contributed by atoms with E-state index in [1.165, 1.54) is 0 Å². The van der Waals surface area contributed by atoms with Crippen LogP contribution in [-0.2, 0) is 0 Å². The summed E-state index contributed by atoms with van der Waals surface area (Å²) in [5.41, 5.74) is 0.787. The second-order valence-electron chi connectivity index (χ2n) is 2.62. The van der Waals surface area contributed by atoms with Crippen LogP contribution in [0.4, 0.5) is 0 Å². The lowest BCUT2D eigenvalue weighted by Gasteiger charge is -1.94. The second kappa shape index (κ2) is 3.30. The van der Waals surface area contributed by atoms with E-state index in [9.17, 15) is 0 Å². The summed E-state index contributed by atoms with van der Waals surface area (Å²) in [6.45, 7) is 1.90. The highest BCUT2D eigenvalue weighted by Crippen LogP contribution is 2.20. The van der Waals surface area contributed by atoms with Gasteiger partial charge in [0.05, 0.1) is 0 Å². The molecule has 0 radical (unpaired) electrons. The summed E-state index contributed by atoms with van der Waals surface area (Å²) in [4.78, 5) is 8.10. The van der Waals surface area contributed by atoms with E-state index in [0.29, 0.717) is 4.73 Å². The van der Waals surface area contributed by atoms with Crippen molar-refractivity contribution in [1.29, 1.82) is 0 Å². The smallest absolute Gasteiger partial charge is 0.197 e. The Hall–Kier alpha value is -1.16. The minimum absolute atomic E-state index is 0.569. The zero-order valence-electron chi connectivity index (χ0n) is 6.99. The van der Waals surface area contributed by atoms with Gasteiger partial charge in [0.2, 0.25) is 0 Å². The van der Waals surface area contributed by atoms with Gasteiger partial charge in [-0.25, -0.2) is 9.97 Å². The van der Waals surface area contributed by atoms with Gasteiger partial charge in [-0.1, -0.05) is 0 Å². The van der Waals surface area contributed by atoms with Crippen LogP contribution >= 0.6 is 15.9 Å². The fourth-order valence-corrected chi connectivity index (χ4v) is 1.35. The van der Waals surface area contributed by atoms with Crippen LogP contribution in [0.1, 0.15) is 5.76 Å². The van der Waals surface area contributed by atoms with Crippen molar-refractivity contribution in [3.8, 4) is 11.5 Å². The second-order valence-corrected chi connectivity index (χ2v) is 3.33. The number of aromatic nitrogens is 2. The first-order valence-corrected chi connectivity index (χ1v) is 4.60. The summed E-state index contributed by atoms with van der Waals surface area (Å²) in [5, 5.41) is 0. The van der Waals surface area contributed by atoms with E-state index in [1.807, 2.05) is 25.1 Å². The summed E-state index contributed by atoms with van der Waals surface area (Å²) < 4.78 is 5.98. The predicted molar refractivity (Wildman–Crippen MR) is 52.2 cm³/mol. The maximum Gasteiger partial charge on any atom is 0.197 e. The van der Waals surface area contributed by atoms with Gasteiger partial charge in [-0.2, -0.15) is 0 Å². The van der Waals surface area contributed by atoms with Crippen LogP contribution in [-0.4, -0.2) is 9.97 Å². The molecule has 0 saturated heterocycles. The molecule has 2 heterocycles. The Labute approximate surface area is 84.0 Å². The molecule has 0 bridgehead atoms. The van der Waals surface area contributed by atoms with Gasteiger partial charge in [0.1, 0.15) is 11.5 Å². The molecule has 0 aliphatic carbocycles. The van der Waals surface area contributed by atoms with E-state index in [1.54, 1.807) is 6.20 Å². The number of nitrogens with zero attached hydrogens (tertiary/aromatic N) is 2. The van der Waals surface area contributed by atoms with E-state index in [4.69, 9.17) is 4.42 Å². The van der Waals surface area contributed by atoms with Gasteiger partial charge >= 0.3 is 0 Å². The lowest BCUT2D eigenvalue weighted by atomic mass is 10.3. The topological polar surface area (TPSA) is 38.9 Å². The Balaban J connectivity index is 2.46. The minimum atomic E-state index is 0.569. The number of aryl methyl sites for hydroxylation is 1. The van der Waals surface area contributed by atoms with Gasteiger partial charge in [-0.15, -0.1) is 0 Å². The largest absolute Gasteiger partial charge is 0.460 e. The molecule has 0 aromatic carbocycles. The van der Waals surface area contributed by atoms with Crippen molar-refractivity contribution in [3.05, 3.63) is 34.9 Å². The van der Waals surface area contributed by atoms with Crippen molar-refractivity contribution in [2.24, 2.45) is 0 Å². The van der Waals surface area contributed by atoms with Crippen LogP contribution in [0.2, 0.25) is 0 Å². The van der Waals surface area contributed by atoms with Crippen LogP contribution in [0.3, 0.4) is 0 Å². The number of hydrogen-bond donors (Lipinski definition) is 0. The molecule has 13 heavy (non-hydrogen) atoms. The van der Waals surface area contributed by atoms with Crippen molar-refractivity contribution in [1.82, 2.24) is 9.97 Å². The van der Waals surface area contributed by atoms with Gasteiger partial charge in [-0.3, -0.25) is 0 Å². The van der Waals surface area contributed by atoms with Crippen molar-refractivity contribution < 1.29 is 4.42 Å². The van der Waals surface area contributed by atoms with Crippen LogP contribution in [0.5, 0.6) is 0 Å². The summed E-state index contributed by atoms with van der Waals surface area (Å²) >= 11 is 3.20. The SMILES string of the molecule is Cc1ccc(-c2ccnc(Br)n2)o1. The molecule has 0 aliphatic heterocycles. The maximum absolute atomic E-state index is 5.41. The van der Waals surface area contributed by atoms with Gasteiger partial charge in [0.25, 0.3) is 0 Å². The first-order chi connectivity index (χ1) is 6.25. The molecule has 2 aromatic heterocycles. The first-order valence-electron chi connectivity index (χ1n) is 3.81. The maximum atomic E-state index is 5.41. The molecule has 0 spiro atoms. The lowest BCUT2D eigenvalue weighted by molar-refractivity contribution is 0.546.